The van der Waals surface area contributed by atoms with Gasteiger partial charge in [-0.2, -0.15) is 5.10 Å². The second kappa shape index (κ2) is 8.09. The standard InChI is InChI=1S/C18H20FN3O3S/c1-13(2)20-21-18(23)12-22(17-7-5-4-6-16(17)19)26(24,25)15-10-8-14(3)9-11-15/h4-11H,12H2,1-3H3,(H,21,23). The van der Waals surface area contributed by atoms with Crippen molar-refractivity contribution in [1.29, 1.82) is 0 Å². The Morgan fingerprint density at radius 3 is 2.31 bits per heavy atom. The first-order valence-corrected chi connectivity index (χ1v) is 9.29. The van der Waals surface area contributed by atoms with Gasteiger partial charge >= 0.3 is 0 Å². The van der Waals surface area contributed by atoms with Crippen LogP contribution >= 0.6 is 0 Å². The molecule has 0 aliphatic carbocycles. The van der Waals surface area contributed by atoms with Gasteiger partial charge in [-0.15, -0.1) is 0 Å². The third kappa shape index (κ3) is 4.66. The number of hydrogen-bond acceptors (Lipinski definition) is 4. The van der Waals surface area contributed by atoms with Gasteiger partial charge in [-0.05, 0) is 45.0 Å². The minimum Gasteiger partial charge on any atom is -0.271 e. The van der Waals surface area contributed by atoms with Crippen molar-refractivity contribution >= 4 is 27.3 Å². The van der Waals surface area contributed by atoms with Gasteiger partial charge in [0, 0.05) is 5.71 Å². The molecule has 0 radical (unpaired) electrons. The Labute approximate surface area is 152 Å². The molecular weight excluding hydrogens is 357 g/mol. The number of nitrogens with zero attached hydrogens (tertiary/aromatic N) is 2. The van der Waals surface area contributed by atoms with Crippen LogP contribution < -0.4 is 9.73 Å². The van der Waals surface area contributed by atoms with Crippen molar-refractivity contribution in [1.82, 2.24) is 5.43 Å². The highest BCUT2D eigenvalue weighted by Gasteiger charge is 2.29. The van der Waals surface area contributed by atoms with E-state index in [1.54, 1.807) is 26.0 Å². The van der Waals surface area contributed by atoms with Gasteiger partial charge in [0.2, 0.25) is 0 Å². The number of aryl methyl sites for hydroxylation is 1. The maximum Gasteiger partial charge on any atom is 0.264 e. The van der Waals surface area contributed by atoms with Crippen molar-refractivity contribution < 1.29 is 17.6 Å². The number of carbonyl (C=O) groups is 1. The zero-order valence-electron chi connectivity index (χ0n) is 14.7. The first-order valence-electron chi connectivity index (χ1n) is 7.85. The van der Waals surface area contributed by atoms with Gasteiger partial charge in [0.1, 0.15) is 12.4 Å². The summed E-state index contributed by atoms with van der Waals surface area (Å²) in [7, 11) is -4.14. The summed E-state index contributed by atoms with van der Waals surface area (Å²) in [5, 5.41) is 3.76. The molecule has 8 heteroatoms. The maximum atomic E-state index is 14.2. The average Bonchev–Trinajstić information content (AvgIpc) is 2.59. The van der Waals surface area contributed by atoms with Crippen LogP contribution in [0.1, 0.15) is 19.4 Å². The van der Waals surface area contributed by atoms with Crippen molar-refractivity contribution in [2.75, 3.05) is 10.8 Å². The molecule has 0 heterocycles. The molecule has 0 spiro atoms. The van der Waals surface area contributed by atoms with E-state index in [9.17, 15) is 17.6 Å². The lowest BCUT2D eigenvalue weighted by molar-refractivity contribution is -0.119. The number of sulfonamides is 1. The van der Waals surface area contributed by atoms with Gasteiger partial charge in [0.25, 0.3) is 15.9 Å². The Hall–Kier alpha value is -2.74. The van der Waals surface area contributed by atoms with Crippen LogP contribution in [0.5, 0.6) is 0 Å². The number of para-hydroxylation sites is 1. The fourth-order valence-corrected chi connectivity index (χ4v) is 3.56. The van der Waals surface area contributed by atoms with Gasteiger partial charge < -0.3 is 0 Å². The van der Waals surface area contributed by atoms with E-state index in [4.69, 9.17) is 0 Å². The molecule has 6 nitrogen and oxygen atoms in total. The van der Waals surface area contributed by atoms with Gasteiger partial charge in [-0.25, -0.2) is 18.2 Å². The summed E-state index contributed by atoms with van der Waals surface area (Å²) in [5.41, 5.74) is 3.52. The van der Waals surface area contributed by atoms with E-state index in [0.717, 1.165) is 15.9 Å². The molecule has 0 aromatic heterocycles. The van der Waals surface area contributed by atoms with Gasteiger partial charge in [0.05, 0.1) is 10.6 Å². The molecule has 0 fully saturated rings. The van der Waals surface area contributed by atoms with Gasteiger partial charge in [0.15, 0.2) is 0 Å². The fraction of sp³-hybridized carbons (Fsp3) is 0.222. The SMILES string of the molecule is CC(C)=NNC(=O)CN(c1ccccc1F)S(=O)(=O)c1ccc(C)cc1. The van der Waals surface area contributed by atoms with Crippen molar-refractivity contribution in [2.45, 2.75) is 25.7 Å². The maximum absolute atomic E-state index is 14.2. The number of rotatable bonds is 6. The first kappa shape index (κ1) is 19.6. The summed E-state index contributed by atoms with van der Waals surface area (Å²) in [6.45, 7) is 4.58. The quantitative estimate of drug-likeness (QED) is 0.621. The molecule has 138 valence electrons. The molecule has 0 saturated carbocycles. The van der Waals surface area contributed by atoms with E-state index >= 15 is 0 Å². The van der Waals surface area contributed by atoms with Crippen LogP contribution in [0.2, 0.25) is 0 Å². The minimum absolute atomic E-state index is 0.0330. The molecule has 26 heavy (non-hydrogen) atoms. The second-order valence-corrected chi connectivity index (χ2v) is 7.73. The zero-order chi connectivity index (χ0) is 19.3. The number of amides is 1. The lowest BCUT2D eigenvalue weighted by Gasteiger charge is -2.24. The van der Waals surface area contributed by atoms with Crippen molar-refractivity contribution in [3.8, 4) is 0 Å². The second-order valence-electron chi connectivity index (χ2n) is 5.87. The van der Waals surface area contributed by atoms with E-state index in [1.165, 1.54) is 30.3 Å². The lowest BCUT2D eigenvalue weighted by Crippen LogP contribution is -2.40. The van der Waals surface area contributed by atoms with Gasteiger partial charge in [-0.1, -0.05) is 29.8 Å². The Morgan fingerprint density at radius 2 is 1.73 bits per heavy atom. The molecule has 0 aliphatic rings. The van der Waals surface area contributed by atoms with E-state index < -0.39 is 28.3 Å². The van der Waals surface area contributed by atoms with Crippen LogP contribution in [0.3, 0.4) is 0 Å². The van der Waals surface area contributed by atoms with Crippen molar-refractivity contribution in [2.24, 2.45) is 5.10 Å². The number of hydrazone groups is 1. The number of carbonyl (C=O) groups excluding carboxylic acids is 1. The Morgan fingerprint density at radius 1 is 1.12 bits per heavy atom. The molecule has 1 N–H and O–H groups in total. The molecule has 0 saturated heterocycles. The molecule has 2 aromatic rings. The van der Waals surface area contributed by atoms with Crippen LogP contribution in [0.4, 0.5) is 10.1 Å². The number of anilines is 1. The summed E-state index contributed by atoms with van der Waals surface area (Å²) in [4.78, 5) is 12.1. The number of benzene rings is 2. The normalized spacial score (nSPS) is 10.9. The monoisotopic (exact) mass is 377 g/mol. The Bertz CT molecular complexity index is 921. The highest BCUT2D eigenvalue weighted by molar-refractivity contribution is 7.92. The molecule has 0 unspecified atom stereocenters. The largest absolute Gasteiger partial charge is 0.271 e. The molecule has 2 aromatic carbocycles. The van der Waals surface area contributed by atoms with E-state index in [0.29, 0.717) is 5.71 Å². The van der Waals surface area contributed by atoms with Gasteiger partial charge in [-0.3, -0.25) is 9.10 Å². The summed E-state index contributed by atoms with van der Waals surface area (Å²) in [6.07, 6.45) is 0. The summed E-state index contributed by atoms with van der Waals surface area (Å²) < 4.78 is 41.0. The lowest BCUT2D eigenvalue weighted by atomic mass is 10.2. The summed E-state index contributed by atoms with van der Waals surface area (Å²) >= 11 is 0. The third-order valence-electron chi connectivity index (χ3n) is 3.42. The number of hydrogen-bond donors (Lipinski definition) is 1. The van der Waals surface area contributed by atoms with Crippen molar-refractivity contribution in [3.05, 3.63) is 59.9 Å². The molecule has 0 atom stereocenters. The predicted octanol–water partition coefficient (Wildman–Crippen LogP) is 2.84. The smallest absolute Gasteiger partial charge is 0.264 e. The number of nitrogens with one attached hydrogen (secondary N) is 1. The van der Waals surface area contributed by atoms with E-state index in [2.05, 4.69) is 10.5 Å². The zero-order valence-corrected chi connectivity index (χ0v) is 15.5. The van der Waals surface area contributed by atoms with Crippen LogP contribution in [-0.4, -0.2) is 26.6 Å². The van der Waals surface area contributed by atoms with E-state index in [1.807, 2.05) is 6.92 Å². The average molecular weight is 377 g/mol. The van der Waals surface area contributed by atoms with Crippen LogP contribution in [0, 0.1) is 12.7 Å². The van der Waals surface area contributed by atoms with Crippen LogP contribution in [0.25, 0.3) is 0 Å². The van der Waals surface area contributed by atoms with E-state index in [-0.39, 0.29) is 10.6 Å². The van der Waals surface area contributed by atoms with Crippen LogP contribution in [0.15, 0.2) is 58.5 Å². The summed E-state index contributed by atoms with van der Waals surface area (Å²) in [5.74, 6) is -1.42. The number of halogens is 1. The topological polar surface area (TPSA) is 78.8 Å². The molecule has 1 amide bonds. The molecular formula is C18H20FN3O3S. The Balaban J connectivity index is 2.46. The third-order valence-corrected chi connectivity index (χ3v) is 5.20. The Kier molecular flexibility index (Phi) is 6.10. The van der Waals surface area contributed by atoms with Crippen molar-refractivity contribution in [3.63, 3.8) is 0 Å². The molecule has 0 aliphatic heterocycles. The highest BCUT2D eigenvalue weighted by atomic mass is 32.2. The molecule has 2 rings (SSSR count). The van der Waals surface area contributed by atoms with Crippen LogP contribution in [-0.2, 0) is 14.8 Å². The summed E-state index contributed by atoms with van der Waals surface area (Å²) in [6, 6.07) is 11.5. The molecule has 0 bridgehead atoms. The fourth-order valence-electron chi connectivity index (χ4n) is 2.13. The first-order chi connectivity index (χ1) is 12.2. The minimum atomic E-state index is -4.14. The predicted molar refractivity (Wildman–Crippen MR) is 99.0 cm³/mol. The highest BCUT2D eigenvalue weighted by Crippen LogP contribution is 2.26.